The predicted octanol–water partition coefficient (Wildman–Crippen LogP) is 0.568. The molecule has 0 saturated heterocycles. The Kier molecular flexibility index (Phi) is 2.56. The zero-order valence-corrected chi connectivity index (χ0v) is 7.57. The second-order valence-electron chi connectivity index (χ2n) is 3.28. The molecule has 0 amide bonds. The van der Waals surface area contributed by atoms with E-state index in [1.807, 2.05) is 0 Å². The quantitative estimate of drug-likeness (QED) is 0.687. The molecule has 3 nitrogen and oxygen atoms in total. The zero-order chi connectivity index (χ0) is 9.97. The average Bonchev–Trinajstić information content (AvgIpc) is 2.18. The van der Waals surface area contributed by atoms with Gasteiger partial charge >= 0.3 is 0 Å². The number of nitrogens with zero attached hydrogens (tertiary/aromatic N) is 1. The summed E-state index contributed by atoms with van der Waals surface area (Å²) in [4.78, 5) is 3.76. The summed E-state index contributed by atoms with van der Waals surface area (Å²) in [6.45, 7) is 1.19. The second kappa shape index (κ2) is 3.86. The van der Waals surface area contributed by atoms with Crippen LogP contribution in [-0.2, 0) is 0 Å². The normalized spacial score (nSPS) is 21.9. The lowest BCUT2D eigenvalue weighted by Crippen LogP contribution is -2.31. The number of β-amino-alcohol motifs (C(OH)–C–C–N with tert-alkyl or cyclic N) is 1. The highest BCUT2D eigenvalue weighted by Gasteiger charge is 2.11. The van der Waals surface area contributed by atoms with E-state index in [9.17, 15) is 9.50 Å². The third-order valence-corrected chi connectivity index (χ3v) is 2.14. The predicted molar refractivity (Wildman–Crippen MR) is 51.0 cm³/mol. The van der Waals surface area contributed by atoms with Gasteiger partial charge in [0.1, 0.15) is 5.82 Å². The molecule has 0 aliphatic carbocycles. The van der Waals surface area contributed by atoms with E-state index in [0.29, 0.717) is 13.1 Å². The summed E-state index contributed by atoms with van der Waals surface area (Å²) in [5.74, 6) is -0.358. The SMILES string of the molecule is OC1C=C(c2cncc(F)c2)CNC1. The third kappa shape index (κ3) is 1.97. The van der Waals surface area contributed by atoms with E-state index in [2.05, 4.69) is 10.3 Å². The Hall–Kier alpha value is -1.26. The monoisotopic (exact) mass is 194 g/mol. The maximum atomic E-state index is 12.8. The number of rotatable bonds is 1. The molecule has 14 heavy (non-hydrogen) atoms. The molecule has 74 valence electrons. The zero-order valence-electron chi connectivity index (χ0n) is 7.57. The molecular formula is C10H11FN2O. The van der Waals surface area contributed by atoms with Gasteiger partial charge in [-0.15, -0.1) is 0 Å². The minimum absolute atomic E-state index is 0.358. The van der Waals surface area contributed by atoms with Crippen molar-refractivity contribution in [3.63, 3.8) is 0 Å². The largest absolute Gasteiger partial charge is 0.388 e. The number of aliphatic hydroxyl groups is 1. The van der Waals surface area contributed by atoms with Crippen molar-refractivity contribution in [1.29, 1.82) is 0 Å². The lowest BCUT2D eigenvalue weighted by molar-refractivity contribution is 0.217. The maximum Gasteiger partial charge on any atom is 0.142 e. The van der Waals surface area contributed by atoms with E-state index >= 15 is 0 Å². The van der Waals surface area contributed by atoms with Crippen LogP contribution in [0.3, 0.4) is 0 Å². The van der Waals surface area contributed by atoms with Gasteiger partial charge in [0.25, 0.3) is 0 Å². The molecule has 0 spiro atoms. The number of hydrogen-bond donors (Lipinski definition) is 2. The van der Waals surface area contributed by atoms with E-state index in [4.69, 9.17) is 0 Å². The van der Waals surface area contributed by atoms with Crippen molar-refractivity contribution in [2.45, 2.75) is 6.10 Å². The average molecular weight is 194 g/mol. The minimum atomic E-state index is -0.498. The van der Waals surface area contributed by atoms with E-state index < -0.39 is 6.10 Å². The molecule has 2 rings (SSSR count). The molecule has 1 aliphatic heterocycles. The molecule has 0 aromatic carbocycles. The van der Waals surface area contributed by atoms with Crippen LogP contribution < -0.4 is 5.32 Å². The highest BCUT2D eigenvalue weighted by Crippen LogP contribution is 2.16. The fourth-order valence-electron chi connectivity index (χ4n) is 1.49. The Labute approximate surface area is 81.3 Å². The van der Waals surface area contributed by atoms with Crippen LogP contribution in [0.25, 0.3) is 5.57 Å². The van der Waals surface area contributed by atoms with Crippen molar-refractivity contribution in [2.24, 2.45) is 0 Å². The smallest absolute Gasteiger partial charge is 0.142 e. The van der Waals surface area contributed by atoms with Crippen molar-refractivity contribution < 1.29 is 9.50 Å². The second-order valence-corrected chi connectivity index (χ2v) is 3.28. The first-order chi connectivity index (χ1) is 6.75. The van der Waals surface area contributed by atoms with Gasteiger partial charge in [-0.05, 0) is 23.3 Å². The van der Waals surface area contributed by atoms with Crippen LogP contribution in [0.1, 0.15) is 5.56 Å². The molecule has 0 saturated carbocycles. The fourth-order valence-corrected chi connectivity index (χ4v) is 1.49. The first kappa shape index (κ1) is 9.30. The van der Waals surface area contributed by atoms with Crippen molar-refractivity contribution in [2.75, 3.05) is 13.1 Å². The van der Waals surface area contributed by atoms with Crippen molar-refractivity contribution in [3.8, 4) is 0 Å². The molecule has 2 heterocycles. The molecule has 1 atom stereocenters. The molecule has 1 aromatic heterocycles. The van der Waals surface area contributed by atoms with Crippen LogP contribution in [0.2, 0.25) is 0 Å². The number of nitrogens with one attached hydrogen (secondary N) is 1. The summed E-state index contributed by atoms with van der Waals surface area (Å²) in [7, 11) is 0. The van der Waals surface area contributed by atoms with Crippen molar-refractivity contribution in [1.82, 2.24) is 10.3 Å². The molecule has 1 unspecified atom stereocenters. The number of halogens is 1. The van der Waals surface area contributed by atoms with E-state index in [-0.39, 0.29) is 5.82 Å². The molecule has 1 aliphatic rings. The third-order valence-electron chi connectivity index (χ3n) is 2.14. The van der Waals surface area contributed by atoms with Gasteiger partial charge in [-0.25, -0.2) is 4.39 Å². The lowest BCUT2D eigenvalue weighted by atomic mass is 10.0. The van der Waals surface area contributed by atoms with Gasteiger partial charge in [0.15, 0.2) is 0 Å². The van der Waals surface area contributed by atoms with Crippen molar-refractivity contribution in [3.05, 3.63) is 35.9 Å². The molecule has 2 N–H and O–H groups in total. The van der Waals surface area contributed by atoms with E-state index in [1.54, 1.807) is 12.3 Å². The maximum absolute atomic E-state index is 12.8. The number of aliphatic hydroxyl groups excluding tert-OH is 1. The topological polar surface area (TPSA) is 45.2 Å². The van der Waals surface area contributed by atoms with Gasteiger partial charge < -0.3 is 10.4 Å². The van der Waals surface area contributed by atoms with Gasteiger partial charge in [0.05, 0.1) is 12.3 Å². The molecule has 1 aromatic rings. The standard InChI is InChI=1S/C10H11FN2O/c11-9-1-7(3-12-5-9)8-2-10(14)6-13-4-8/h1-3,5,10,13-14H,4,6H2. The Bertz CT molecular complexity index is 365. The summed E-state index contributed by atoms with van der Waals surface area (Å²) in [6.07, 6.45) is 3.99. The molecule has 4 heteroatoms. The molecule has 0 radical (unpaired) electrons. The van der Waals surface area contributed by atoms with Gasteiger partial charge in [0, 0.05) is 19.3 Å². The van der Waals surface area contributed by atoms with Crippen LogP contribution in [-0.4, -0.2) is 29.3 Å². The number of aromatic nitrogens is 1. The summed E-state index contributed by atoms with van der Waals surface area (Å²) in [6, 6.07) is 1.42. The lowest BCUT2D eigenvalue weighted by Gasteiger charge is -2.18. The van der Waals surface area contributed by atoms with Crippen LogP contribution in [0.15, 0.2) is 24.5 Å². The van der Waals surface area contributed by atoms with Crippen LogP contribution >= 0.6 is 0 Å². The Morgan fingerprint density at radius 1 is 1.50 bits per heavy atom. The van der Waals surface area contributed by atoms with Gasteiger partial charge in [-0.3, -0.25) is 4.98 Å². The van der Waals surface area contributed by atoms with Crippen LogP contribution in [0, 0.1) is 5.82 Å². The number of hydrogen-bond acceptors (Lipinski definition) is 3. The van der Waals surface area contributed by atoms with Gasteiger partial charge in [0.2, 0.25) is 0 Å². The first-order valence-electron chi connectivity index (χ1n) is 4.46. The molecule has 0 bridgehead atoms. The Balaban J connectivity index is 2.30. The highest BCUT2D eigenvalue weighted by molar-refractivity contribution is 5.67. The van der Waals surface area contributed by atoms with Gasteiger partial charge in [-0.1, -0.05) is 0 Å². The van der Waals surface area contributed by atoms with Crippen LogP contribution in [0.4, 0.5) is 4.39 Å². The summed E-state index contributed by atoms with van der Waals surface area (Å²) >= 11 is 0. The first-order valence-corrected chi connectivity index (χ1v) is 4.46. The Morgan fingerprint density at radius 3 is 3.07 bits per heavy atom. The van der Waals surface area contributed by atoms with Crippen molar-refractivity contribution >= 4 is 5.57 Å². The highest BCUT2D eigenvalue weighted by atomic mass is 19.1. The summed E-state index contributed by atoms with van der Waals surface area (Å²) in [5.41, 5.74) is 1.60. The molecular weight excluding hydrogens is 183 g/mol. The van der Waals surface area contributed by atoms with E-state index in [0.717, 1.165) is 17.3 Å². The Morgan fingerprint density at radius 2 is 2.36 bits per heavy atom. The van der Waals surface area contributed by atoms with Gasteiger partial charge in [-0.2, -0.15) is 0 Å². The summed E-state index contributed by atoms with van der Waals surface area (Å²) < 4.78 is 12.8. The summed E-state index contributed by atoms with van der Waals surface area (Å²) in [5, 5.41) is 12.4. The minimum Gasteiger partial charge on any atom is -0.388 e. The number of pyridine rings is 1. The fraction of sp³-hybridized carbons (Fsp3) is 0.300. The van der Waals surface area contributed by atoms with E-state index in [1.165, 1.54) is 6.07 Å². The molecule has 0 fully saturated rings. The van der Waals surface area contributed by atoms with Crippen LogP contribution in [0.5, 0.6) is 0 Å².